The number of aryl methyl sites for hydroxylation is 2. The van der Waals surface area contributed by atoms with Gasteiger partial charge in [-0.2, -0.15) is 0 Å². The lowest BCUT2D eigenvalue weighted by Gasteiger charge is -2.14. The van der Waals surface area contributed by atoms with Crippen LogP contribution in [0.3, 0.4) is 0 Å². The molecule has 0 radical (unpaired) electrons. The minimum atomic E-state index is -4.46. The van der Waals surface area contributed by atoms with Gasteiger partial charge in [-0.05, 0) is 53.3 Å². The quantitative estimate of drug-likeness (QED) is 0.120. The Labute approximate surface area is 233 Å². The Bertz CT molecular complexity index is 1300. The number of benzene rings is 3. The summed E-state index contributed by atoms with van der Waals surface area (Å²) in [7, 11) is -4.46. The number of hydrogen-bond acceptors (Lipinski definition) is 8. The van der Waals surface area contributed by atoms with Crippen LogP contribution < -0.4 is 10.5 Å². The van der Waals surface area contributed by atoms with Gasteiger partial charge in [-0.3, -0.25) is 18.6 Å². The Kier molecular flexibility index (Phi) is 11.9. The molecule has 0 aliphatic heterocycles. The molecule has 0 saturated heterocycles. The molecule has 1 unspecified atom stereocenters. The predicted molar refractivity (Wildman–Crippen MR) is 149 cm³/mol. The zero-order valence-electron chi connectivity index (χ0n) is 22.2. The van der Waals surface area contributed by atoms with Gasteiger partial charge in [0, 0.05) is 12.8 Å². The van der Waals surface area contributed by atoms with Gasteiger partial charge in [-0.25, -0.2) is 4.57 Å². The molecule has 214 valence electrons. The van der Waals surface area contributed by atoms with E-state index >= 15 is 0 Å². The first-order chi connectivity index (χ1) is 19.2. The second-order valence-corrected chi connectivity index (χ2v) is 10.4. The van der Waals surface area contributed by atoms with Crippen LogP contribution >= 0.6 is 7.82 Å². The molecule has 0 aliphatic carbocycles. The van der Waals surface area contributed by atoms with Crippen LogP contribution in [0.2, 0.25) is 0 Å². The Hall–Kier alpha value is -3.53. The van der Waals surface area contributed by atoms with Gasteiger partial charge in [0.1, 0.15) is 17.5 Å². The number of carboxylic acid groups (broad SMARTS) is 1. The van der Waals surface area contributed by atoms with E-state index in [0.29, 0.717) is 17.9 Å². The number of carbonyl (C=O) groups excluding carboxylic acids is 1. The first kappa shape index (κ1) is 31.0. The van der Waals surface area contributed by atoms with E-state index in [1.54, 1.807) is 0 Å². The van der Waals surface area contributed by atoms with Crippen molar-refractivity contribution < 1.29 is 42.7 Å². The van der Waals surface area contributed by atoms with Crippen molar-refractivity contribution in [3.05, 3.63) is 83.9 Å². The number of ether oxygens (including phenoxy) is 2. The van der Waals surface area contributed by atoms with E-state index in [2.05, 4.69) is 35.7 Å². The third-order valence-electron chi connectivity index (χ3n) is 5.89. The van der Waals surface area contributed by atoms with Gasteiger partial charge in [0.15, 0.2) is 0 Å². The molecular formula is C29H34NO9P. The van der Waals surface area contributed by atoms with Crippen LogP contribution in [0.15, 0.2) is 72.8 Å². The summed E-state index contributed by atoms with van der Waals surface area (Å²) in [4.78, 5) is 32.3. The number of phosphoric ester groups is 1. The summed E-state index contributed by atoms with van der Waals surface area (Å²) < 4.78 is 32.2. The third kappa shape index (κ3) is 10.2. The maximum Gasteiger partial charge on any atom is 0.472 e. The summed E-state index contributed by atoms with van der Waals surface area (Å²) in [6.07, 6.45) is 1.65. The fourth-order valence-electron chi connectivity index (χ4n) is 3.60. The van der Waals surface area contributed by atoms with Crippen molar-refractivity contribution in [3.8, 4) is 22.6 Å². The van der Waals surface area contributed by atoms with Crippen LogP contribution in [-0.4, -0.2) is 47.8 Å². The molecule has 2 atom stereocenters. The highest BCUT2D eigenvalue weighted by molar-refractivity contribution is 7.47. The first-order valence-electron chi connectivity index (χ1n) is 12.9. The van der Waals surface area contributed by atoms with E-state index in [1.807, 2.05) is 48.5 Å². The van der Waals surface area contributed by atoms with Gasteiger partial charge in [0.25, 0.3) is 0 Å². The monoisotopic (exact) mass is 571 g/mol. The van der Waals surface area contributed by atoms with E-state index in [9.17, 15) is 19.0 Å². The summed E-state index contributed by atoms with van der Waals surface area (Å²) in [6, 6.07) is 22.3. The molecule has 0 aromatic heterocycles. The highest BCUT2D eigenvalue weighted by atomic mass is 31.2. The molecule has 3 aromatic carbocycles. The fraction of sp³-hybridized carbons (Fsp3) is 0.310. The zero-order valence-corrected chi connectivity index (χ0v) is 23.1. The number of phosphoric acid groups is 1. The standard InChI is InChI=1S/C29H34NO9P/c1-2-21-8-10-22(11-9-21)23-12-15-25(16-13-23)39-27-7-4-3-6-24(27)14-17-28(31)36-18-5-19-37-40(34,35)38-20-26(30)29(32)33/h3-4,6-13,15-16,26H,2,5,14,17-20,30H2,1H3,(H,32,33)(H,34,35)/t26-/m0/s1. The van der Waals surface area contributed by atoms with Gasteiger partial charge in [0.2, 0.25) is 0 Å². The molecule has 0 aliphatic rings. The smallest absolute Gasteiger partial charge is 0.472 e. The normalized spacial score (nSPS) is 13.3. The zero-order chi connectivity index (χ0) is 29.0. The summed E-state index contributed by atoms with van der Waals surface area (Å²) in [6.45, 7) is 1.19. The van der Waals surface area contributed by atoms with Gasteiger partial charge >= 0.3 is 19.8 Å². The number of rotatable bonds is 16. The van der Waals surface area contributed by atoms with Crippen molar-refractivity contribution >= 4 is 19.8 Å². The average Bonchev–Trinajstić information content (AvgIpc) is 2.95. The summed E-state index contributed by atoms with van der Waals surface area (Å²) >= 11 is 0. The minimum absolute atomic E-state index is 0.0286. The molecule has 40 heavy (non-hydrogen) atoms. The maximum absolute atomic E-state index is 12.2. The van der Waals surface area contributed by atoms with Crippen LogP contribution in [0.1, 0.15) is 30.9 Å². The molecule has 0 amide bonds. The predicted octanol–water partition coefficient (Wildman–Crippen LogP) is 5.12. The second-order valence-electron chi connectivity index (χ2n) is 8.90. The third-order valence-corrected chi connectivity index (χ3v) is 6.87. The lowest BCUT2D eigenvalue weighted by Crippen LogP contribution is -2.34. The van der Waals surface area contributed by atoms with E-state index in [-0.39, 0.29) is 26.1 Å². The first-order valence-corrected chi connectivity index (χ1v) is 14.4. The Morgan fingerprint density at radius 3 is 2.23 bits per heavy atom. The Morgan fingerprint density at radius 2 is 1.57 bits per heavy atom. The van der Waals surface area contributed by atoms with Crippen molar-refractivity contribution in [1.29, 1.82) is 0 Å². The van der Waals surface area contributed by atoms with Gasteiger partial charge in [-0.1, -0.05) is 61.5 Å². The lowest BCUT2D eigenvalue weighted by molar-refractivity contribution is -0.143. The van der Waals surface area contributed by atoms with Crippen molar-refractivity contribution in [2.24, 2.45) is 5.73 Å². The molecule has 0 heterocycles. The number of nitrogens with two attached hydrogens (primary N) is 1. The van der Waals surface area contributed by atoms with E-state index in [0.717, 1.165) is 23.1 Å². The van der Waals surface area contributed by atoms with Crippen LogP contribution in [0.4, 0.5) is 0 Å². The van der Waals surface area contributed by atoms with Crippen LogP contribution in [0, 0.1) is 0 Å². The van der Waals surface area contributed by atoms with Crippen molar-refractivity contribution in [2.75, 3.05) is 19.8 Å². The van der Waals surface area contributed by atoms with E-state index < -0.39 is 32.4 Å². The number of para-hydroxylation sites is 1. The minimum Gasteiger partial charge on any atom is -0.480 e. The van der Waals surface area contributed by atoms with Gasteiger partial charge in [0.05, 0.1) is 19.8 Å². The maximum atomic E-state index is 12.2. The van der Waals surface area contributed by atoms with Crippen molar-refractivity contribution in [3.63, 3.8) is 0 Å². The Morgan fingerprint density at radius 1 is 0.925 bits per heavy atom. The van der Waals surface area contributed by atoms with Crippen LogP contribution in [0.25, 0.3) is 11.1 Å². The van der Waals surface area contributed by atoms with Gasteiger partial charge < -0.3 is 25.2 Å². The molecule has 0 spiro atoms. The molecule has 3 aromatic rings. The second kappa shape index (κ2) is 15.3. The molecular weight excluding hydrogens is 537 g/mol. The lowest BCUT2D eigenvalue weighted by atomic mass is 10.0. The number of esters is 1. The van der Waals surface area contributed by atoms with E-state index in [1.165, 1.54) is 5.56 Å². The van der Waals surface area contributed by atoms with E-state index in [4.69, 9.17) is 24.8 Å². The number of carboxylic acids is 1. The van der Waals surface area contributed by atoms with Crippen molar-refractivity contribution in [1.82, 2.24) is 0 Å². The number of aliphatic carboxylic acids is 1. The molecule has 10 nitrogen and oxygen atoms in total. The highest BCUT2D eigenvalue weighted by Crippen LogP contribution is 2.43. The van der Waals surface area contributed by atoms with Gasteiger partial charge in [-0.15, -0.1) is 0 Å². The summed E-state index contributed by atoms with van der Waals surface area (Å²) in [5.74, 6) is -0.489. The van der Waals surface area contributed by atoms with Crippen LogP contribution in [0.5, 0.6) is 11.5 Å². The molecule has 0 fully saturated rings. The molecule has 3 rings (SSSR count). The largest absolute Gasteiger partial charge is 0.480 e. The summed E-state index contributed by atoms with van der Waals surface area (Å²) in [5.41, 5.74) is 9.57. The molecule has 0 bridgehead atoms. The number of hydrogen-bond donors (Lipinski definition) is 3. The summed E-state index contributed by atoms with van der Waals surface area (Å²) in [5, 5.41) is 8.66. The average molecular weight is 572 g/mol. The topological polar surface area (TPSA) is 155 Å². The molecule has 11 heteroatoms. The molecule has 4 N–H and O–H groups in total. The van der Waals surface area contributed by atoms with Crippen molar-refractivity contribution in [2.45, 2.75) is 38.6 Å². The van der Waals surface area contributed by atoms with Crippen LogP contribution in [-0.2, 0) is 40.8 Å². The Balaban J connectivity index is 1.42. The SMILES string of the molecule is CCc1ccc(-c2ccc(Oc3ccccc3CCC(=O)OCCCOP(=O)(O)OC[C@H](N)C(=O)O)cc2)cc1. The number of carbonyl (C=O) groups is 2. The molecule has 0 saturated carbocycles. The fourth-order valence-corrected chi connectivity index (χ4v) is 4.39. The highest BCUT2D eigenvalue weighted by Gasteiger charge is 2.24.